The molecule has 0 spiro atoms. The van der Waals surface area contributed by atoms with Crippen LogP contribution in [0.3, 0.4) is 0 Å². The second-order valence-electron chi connectivity index (χ2n) is 5.64. The first-order valence-electron chi connectivity index (χ1n) is 8.14. The van der Waals surface area contributed by atoms with Gasteiger partial charge in [0.05, 0.1) is 20.8 Å². The Bertz CT molecular complexity index is 528. The molecule has 0 saturated carbocycles. The summed E-state index contributed by atoms with van der Waals surface area (Å²) < 4.78 is 15.8. The van der Waals surface area contributed by atoms with Gasteiger partial charge in [0, 0.05) is 63.7 Å². The molecule has 1 aromatic rings. The number of nitrogens with one attached hydrogen (secondary N) is 2. The van der Waals surface area contributed by atoms with Gasteiger partial charge in [0.25, 0.3) is 0 Å². The molecule has 0 aromatic heterocycles. The molecule has 2 N–H and O–H groups in total. The van der Waals surface area contributed by atoms with Gasteiger partial charge >= 0.3 is 0 Å². The second-order valence-corrected chi connectivity index (χ2v) is 5.64. The Hall–Kier alpha value is -2.15. The maximum atomic E-state index is 5.36. The highest BCUT2D eigenvalue weighted by molar-refractivity contribution is 5.80. The average molecular weight is 336 g/mol. The lowest BCUT2D eigenvalue weighted by Gasteiger charge is -2.21. The molecule has 7 nitrogen and oxygen atoms in total. The van der Waals surface area contributed by atoms with E-state index in [4.69, 9.17) is 14.2 Å². The van der Waals surface area contributed by atoms with E-state index in [9.17, 15) is 0 Å². The molecular weight excluding hydrogens is 308 g/mol. The highest BCUT2D eigenvalue weighted by atomic mass is 16.5. The van der Waals surface area contributed by atoms with Crippen LogP contribution in [0.4, 0.5) is 5.69 Å². The standard InChI is InChI=1S/C17H28N4O3/c1-18-17(19-6-8-22-2)20-13-5-7-21(12-13)14-9-15(23-3)11-16(10-14)24-4/h9-11,13H,5-8,12H2,1-4H3,(H2,18,19,20). The van der Waals surface area contributed by atoms with Gasteiger partial charge in [-0.25, -0.2) is 0 Å². The molecule has 0 radical (unpaired) electrons. The van der Waals surface area contributed by atoms with Crippen LogP contribution in [0.1, 0.15) is 6.42 Å². The first kappa shape index (κ1) is 18.2. The Morgan fingerprint density at radius 1 is 1.21 bits per heavy atom. The normalized spacial score (nSPS) is 17.8. The van der Waals surface area contributed by atoms with Gasteiger partial charge in [-0.3, -0.25) is 4.99 Å². The molecular formula is C17H28N4O3. The minimum absolute atomic E-state index is 0.343. The SMILES string of the molecule is CN=C(NCCOC)NC1CCN(c2cc(OC)cc(OC)c2)C1. The number of ether oxygens (including phenoxy) is 3. The minimum Gasteiger partial charge on any atom is -0.497 e. The summed E-state index contributed by atoms with van der Waals surface area (Å²) in [5, 5.41) is 6.70. The molecule has 24 heavy (non-hydrogen) atoms. The van der Waals surface area contributed by atoms with Crippen molar-refractivity contribution in [2.75, 3.05) is 59.5 Å². The summed E-state index contributed by atoms with van der Waals surface area (Å²) in [6.45, 7) is 3.27. The molecule has 1 saturated heterocycles. The summed E-state index contributed by atoms with van der Waals surface area (Å²) in [4.78, 5) is 6.58. The van der Waals surface area contributed by atoms with E-state index in [1.807, 2.05) is 18.2 Å². The highest BCUT2D eigenvalue weighted by Gasteiger charge is 2.24. The zero-order chi connectivity index (χ0) is 17.4. The lowest BCUT2D eigenvalue weighted by molar-refractivity contribution is 0.203. The quantitative estimate of drug-likeness (QED) is 0.441. The summed E-state index contributed by atoms with van der Waals surface area (Å²) in [6, 6.07) is 6.31. The van der Waals surface area contributed by atoms with E-state index in [0.29, 0.717) is 12.6 Å². The van der Waals surface area contributed by atoms with Gasteiger partial charge in [0.2, 0.25) is 0 Å². The first-order chi connectivity index (χ1) is 11.7. The predicted octanol–water partition coefficient (Wildman–Crippen LogP) is 1.09. The van der Waals surface area contributed by atoms with Crippen molar-refractivity contribution in [2.24, 2.45) is 4.99 Å². The molecule has 1 heterocycles. The lowest BCUT2D eigenvalue weighted by Crippen LogP contribution is -2.45. The van der Waals surface area contributed by atoms with Crippen LogP contribution < -0.4 is 25.0 Å². The van der Waals surface area contributed by atoms with Crippen LogP contribution in [0.5, 0.6) is 11.5 Å². The Morgan fingerprint density at radius 2 is 1.92 bits per heavy atom. The molecule has 1 aliphatic heterocycles. The number of rotatable bonds is 7. The van der Waals surface area contributed by atoms with E-state index in [1.54, 1.807) is 28.4 Å². The zero-order valence-electron chi connectivity index (χ0n) is 15.0. The molecule has 1 aliphatic rings. The van der Waals surface area contributed by atoms with E-state index in [-0.39, 0.29) is 0 Å². The number of guanidine groups is 1. The van der Waals surface area contributed by atoms with Crippen molar-refractivity contribution in [3.63, 3.8) is 0 Å². The van der Waals surface area contributed by atoms with Gasteiger partial charge in [-0.2, -0.15) is 0 Å². The number of aliphatic imine (C=N–C) groups is 1. The van der Waals surface area contributed by atoms with Gasteiger partial charge in [-0.05, 0) is 6.42 Å². The van der Waals surface area contributed by atoms with Crippen molar-refractivity contribution < 1.29 is 14.2 Å². The van der Waals surface area contributed by atoms with Crippen LogP contribution in [0.25, 0.3) is 0 Å². The van der Waals surface area contributed by atoms with Crippen molar-refractivity contribution in [3.05, 3.63) is 18.2 Å². The van der Waals surface area contributed by atoms with Crippen LogP contribution in [0.2, 0.25) is 0 Å². The van der Waals surface area contributed by atoms with Gasteiger partial charge < -0.3 is 29.7 Å². The van der Waals surface area contributed by atoms with Crippen molar-refractivity contribution in [3.8, 4) is 11.5 Å². The molecule has 1 aromatic carbocycles. The first-order valence-corrected chi connectivity index (χ1v) is 8.14. The molecule has 2 rings (SSSR count). The molecule has 0 amide bonds. The molecule has 1 fully saturated rings. The van der Waals surface area contributed by atoms with Gasteiger partial charge in [0.1, 0.15) is 11.5 Å². The Labute approximate surface area is 144 Å². The molecule has 134 valence electrons. The molecule has 0 bridgehead atoms. The maximum Gasteiger partial charge on any atom is 0.191 e. The average Bonchev–Trinajstić information content (AvgIpc) is 3.09. The summed E-state index contributed by atoms with van der Waals surface area (Å²) in [6.07, 6.45) is 1.05. The second kappa shape index (κ2) is 9.22. The van der Waals surface area contributed by atoms with Crippen LogP contribution >= 0.6 is 0 Å². The Kier molecular flexibility index (Phi) is 6.99. The zero-order valence-corrected chi connectivity index (χ0v) is 15.0. The van der Waals surface area contributed by atoms with E-state index >= 15 is 0 Å². The third kappa shape index (κ3) is 4.92. The van der Waals surface area contributed by atoms with Gasteiger partial charge in [-0.15, -0.1) is 0 Å². The van der Waals surface area contributed by atoms with Crippen molar-refractivity contribution in [2.45, 2.75) is 12.5 Å². The van der Waals surface area contributed by atoms with Gasteiger partial charge in [-0.1, -0.05) is 0 Å². The lowest BCUT2D eigenvalue weighted by atomic mass is 10.2. The monoisotopic (exact) mass is 336 g/mol. The van der Waals surface area contributed by atoms with E-state index < -0.39 is 0 Å². The van der Waals surface area contributed by atoms with E-state index in [1.165, 1.54) is 0 Å². The third-order valence-corrected chi connectivity index (χ3v) is 4.05. The van der Waals surface area contributed by atoms with Crippen LogP contribution in [0, 0.1) is 0 Å². The molecule has 1 unspecified atom stereocenters. The van der Waals surface area contributed by atoms with E-state index in [2.05, 4.69) is 20.5 Å². The molecule has 7 heteroatoms. The third-order valence-electron chi connectivity index (χ3n) is 4.05. The number of hydrogen-bond acceptors (Lipinski definition) is 5. The van der Waals surface area contributed by atoms with E-state index in [0.717, 1.165) is 49.2 Å². The van der Waals surface area contributed by atoms with Crippen molar-refractivity contribution in [1.29, 1.82) is 0 Å². The highest BCUT2D eigenvalue weighted by Crippen LogP contribution is 2.30. The summed E-state index contributed by atoms with van der Waals surface area (Å²) in [5.41, 5.74) is 1.11. The van der Waals surface area contributed by atoms with Gasteiger partial charge in [0.15, 0.2) is 5.96 Å². The summed E-state index contributed by atoms with van der Waals surface area (Å²) >= 11 is 0. The fourth-order valence-corrected chi connectivity index (χ4v) is 2.75. The minimum atomic E-state index is 0.343. The summed E-state index contributed by atoms with van der Waals surface area (Å²) in [5.74, 6) is 2.41. The Balaban J connectivity index is 1.95. The predicted molar refractivity (Wildman–Crippen MR) is 96.5 cm³/mol. The topological polar surface area (TPSA) is 67.4 Å². The van der Waals surface area contributed by atoms with Crippen LogP contribution in [-0.2, 0) is 4.74 Å². The number of nitrogens with zero attached hydrogens (tertiary/aromatic N) is 2. The number of methoxy groups -OCH3 is 3. The Morgan fingerprint density at radius 3 is 2.50 bits per heavy atom. The van der Waals surface area contributed by atoms with Crippen LogP contribution in [0.15, 0.2) is 23.2 Å². The molecule has 0 aliphatic carbocycles. The van der Waals surface area contributed by atoms with Crippen molar-refractivity contribution in [1.82, 2.24) is 10.6 Å². The largest absolute Gasteiger partial charge is 0.497 e. The fourth-order valence-electron chi connectivity index (χ4n) is 2.75. The number of hydrogen-bond donors (Lipinski definition) is 2. The smallest absolute Gasteiger partial charge is 0.191 e. The summed E-state index contributed by atoms with van der Waals surface area (Å²) in [7, 11) is 6.81. The van der Waals surface area contributed by atoms with Crippen LogP contribution in [-0.4, -0.2) is 66.6 Å². The number of benzene rings is 1. The molecule has 1 atom stereocenters. The fraction of sp³-hybridized carbons (Fsp3) is 0.588. The number of anilines is 1. The van der Waals surface area contributed by atoms with Crippen molar-refractivity contribution >= 4 is 11.6 Å². The maximum absolute atomic E-state index is 5.36.